The van der Waals surface area contributed by atoms with Gasteiger partial charge in [-0.1, -0.05) is 0 Å². The van der Waals surface area contributed by atoms with E-state index in [-0.39, 0.29) is 5.60 Å². The number of nitrogens with zero attached hydrogens (tertiary/aromatic N) is 1. The minimum Gasteiger partial charge on any atom is -0.495 e. The number of piperidine rings is 1. The average Bonchev–Trinajstić information content (AvgIpc) is 2.40. The van der Waals surface area contributed by atoms with Crippen LogP contribution in [0.3, 0.4) is 0 Å². The first kappa shape index (κ1) is 12.3. The van der Waals surface area contributed by atoms with Crippen LogP contribution in [-0.4, -0.2) is 37.9 Å². The van der Waals surface area contributed by atoms with Gasteiger partial charge in [-0.3, -0.25) is 4.98 Å². The third kappa shape index (κ3) is 2.96. The van der Waals surface area contributed by atoms with Crippen LogP contribution in [0.15, 0.2) is 18.5 Å². The quantitative estimate of drug-likeness (QED) is 0.858. The number of nitrogens with one attached hydrogen (secondary N) is 1. The summed E-state index contributed by atoms with van der Waals surface area (Å²) < 4.78 is 10.9. The highest BCUT2D eigenvalue weighted by Crippen LogP contribution is 2.27. The van der Waals surface area contributed by atoms with E-state index in [2.05, 4.69) is 10.3 Å². The molecule has 0 amide bonds. The van der Waals surface area contributed by atoms with E-state index in [0.717, 1.165) is 38.1 Å². The minimum absolute atomic E-state index is 0.0424. The Labute approximate surface area is 102 Å². The smallest absolute Gasteiger partial charge is 0.137 e. The monoisotopic (exact) mass is 236 g/mol. The van der Waals surface area contributed by atoms with Crippen LogP contribution in [0.2, 0.25) is 0 Å². The Morgan fingerprint density at radius 3 is 2.71 bits per heavy atom. The molecule has 94 valence electrons. The molecular formula is C13H20N2O2. The van der Waals surface area contributed by atoms with Gasteiger partial charge in [0.2, 0.25) is 0 Å². The highest BCUT2D eigenvalue weighted by Gasteiger charge is 2.32. The second-order valence-corrected chi connectivity index (χ2v) is 4.55. The SMILES string of the molecule is COc1cncc(CC2(OC)CCNCC2)c1. The fourth-order valence-corrected chi connectivity index (χ4v) is 2.38. The Kier molecular flexibility index (Phi) is 3.97. The number of methoxy groups -OCH3 is 2. The van der Waals surface area contributed by atoms with Crippen molar-refractivity contribution in [2.24, 2.45) is 0 Å². The predicted octanol–water partition coefficient (Wildman–Crippen LogP) is 1.40. The van der Waals surface area contributed by atoms with Crippen LogP contribution >= 0.6 is 0 Å². The summed E-state index contributed by atoms with van der Waals surface area (Å²) in [5.74, 6) is 0.808. The second kappa shape index (κ2) is 5.47. The van der Waals surface area contributed by atoms with Crippen LogP contribution < -0.4 is 10.1 Å². The molecule has 2 heterocycles. The first-order valence-electron chi connectivity index (χ1n) is 6.02. The fourth-order valence-electron chi connectivity index (χ4n) is 2.38. The van der Waals surface area contributed by atoms with E-state index in [4.69, 9.17) is 9.47 Å². The first-order valence-corrected chi connectivity index (χ1v) is 6.02. The number of ether oxygens (including phenoxy) is 2. The number of hydrogen-bond acceptors (Lipinski definition) is 4. The summed E-state index contributed by atoms with van der Waals surface area (Å²) in [6.45, 7) is 2.04. The fraction of sp³-hybridized carbons (Fsp3) is 0.615. The van der Waals surface area contributed by atoms with Crippen LogP contribution in [0.1, 0.15) is 18.4 Å². The number of hydrogen-bond donors (Lipinski definition) is 1. The summed E-state index contributed by atoms with van der Waals surface area (Å²) >= 11 is 0. The highest BCUT2D eigenvalue weighted by atomic mass is 16.5. The van der Waals surface area contributed by atoms with Gasteiger partial charge in [-0.05, 0) is 37.6 Å². The van der Waals surface area contributed by atoms with Gasteiger partial charge in [0, 0.05) is 19.7 Å². The van der Waals surface area contributed by atoms with Gasteiger partial charge in [0.25, 0.3) is 0 Å². The van der Waals surface area contributed by atoms with E-state index in [1.54, 1.807) is 20.4 Å². The molecule has 1 N–H and O–H groups in total. The normalized spacial score (nSPS) is 18.9. The molecule has 0 radical (unpaired) electrons. The van der Waals surface area contributed by atoms with Crippen molar-refractivity contribution < 1.29 is 9.47 Å². The molecule has 4 heteroatoms. The lowest BCUT2D eigenvalue weighted by Crippen LogP contribution is -2.45. The molecule has 0 atom stereocenters. The topological polar surface area (TPSA) is 43.4 Å². The van der Waals surface area contributed by atoms with Crippen molar-refractivity contribution in [3.05, 3.63) is 24.0 Å². The standard InChI is InChI=1S/C13H20N2O2/c1-16-12-7-11(9-15-10-12)8-13(17-2)3-5-14-6-4-13/h7,9-10,14H,3-6,8H2,1-2H3. The summed E-state index contributed by atoms with van der Waals surface area (Å²) in [6.07, 6.45) is 6.60. The Hall–Kier alpha value is -1.13. The lowest BCUT2D eigenvalue weighted by molar-refractivity contribution is -0.0334. The van der Waals surface area contributed by atoms with Gasteiger partial charge < -0.3 is 14.8 Å². The van der Waals surface area contributed by atoms with Gasteiger partial charge >= 0.3 is 0 Å². The van der Waals surface area contributed by atoms with Gasteiger partial charge in [-0.25, -0.2) is 0 Å². The molecule has 0 unspecified atom stereocenters. The largest absolute Gasteiger partial charge is 0.495 e. The number of pyridine rings is 1. The Balaban J connectivity index is 2.11. The summed E-state index contributed by atoms with van der Waals surface area (Å²) in [5, 5.41) is 3.36. The number of rotatable bonds is 4. The minimum atomic E-state index is -0.0424. The molecule has 1 aromatic rings. The molecule has 4 nitrogen and oxygen atoms in total. The highest BCUT2D eigenvalue weighted by molar-refractivity contribution is 5.24. The molecule has 1 aromatic heterocycles. The molecule has 1 aliphatic heterocycles. The Morgan fingerprint density at radius 1 is 1.29 bits per heavy atom. The van der Waals surface area contributed by atoms with E-state index in [9.17, 15) is 0 Å². The van der Waals surface area contributed by atoms with Crippen molar-refractivity contribution in [3.63, 3.8) is 0 Å². The third-order valence-corrected chi connectivity index (χ3v) is 3.48. The summed E-state index contributed by atoms with van der Waals surface area (Å²) in [7, 11) is 3.47. The zero-order valence-electron chi connectivity index (χ0n) is 10.5. The zero-order valence-corrected chi connectivity index (χ0v) is 10.5. The van der Waals surface area contributed by atoms with Gasteiger partial charge in [0.05, 0.1) is 18.9 Å². The van der Waals surface area contributed by atoms with E-state index >= 15 is 0 Å². The Morgan fingerprint density at radius 2 is 2.06 bits per heavy atom. The molecule has 2 rings (SSSR count). The molecule has 1 fully saturated rings. The van der Waals surface area contributed by atoms with Crippen molar-refractivity contribution in [1.29, 1.82) is 0 Å². The van der Waals surface area contributed by atoms with Crippen LogP contribution in [0.25, 0.3) is 0 Å². The van der Waals surface area contributed by atoms with E-state index < -0.39 is 0 Å². The van der Waals surface area contributed by atoms with Crippen LogP contribution in [-0.2, 0) is 11.2 Å². The zero-order chi connectivity index (χ0) is 12.1. The Bertz CT molecular complexity index is 362. The van der Waals surface area contributed by atoms with Gasteiger partial charge in [0.1, 0.15) is 5.75 Å². The molecule has 0 aliphatic carbocycles. The van der Waals surface area contributed by atoms with Crippen molar-refractivity contribution in [1.82, 2.24) is 10.3 Å². The summed E-state index contributed by atoms with van der Waals surface area (Å²) in [6, 6.07) is 2.04. The molecule has 0 saturated carbocycles. The first-order chi connectivity index (χ1) is 8.28. The van der Waals surface area contributed by atoms with Crippen LogP contribution in [0, 0.1) is 0 Å². The van der Waals surface area contributed by atoms with Gasteiger partial charge in [-0.15, -0.1) is 0 Å². The maximum absolute atomic E-state index is 5.75. The lowest BCUT2D eigenvalue weighted by Gasteiger charge is -2.36. The molecule has 17 heavy (non-hydrogen) atoms. The lowest BCUT2D eigenvalue weighted by atomic mass is 9.86. The van der Waals surface area contributed by atoms with Crippen molar-refractivity contribution in [2.45, 2.75) is 24.9 Å². The van der Waals surface area contributed by atoms with Crippen molar-refractivity contribution >= 4 is 0 Å². The summed E-state index contributed by atoms with van der Waals surface area (Å²) in [4.78, 5) is 4.19. The maximum Gasteiger partial charge on any atom is 0.137 e. The van der Waals surface area contributed by atoms with Crippen molar-refractivity contribution in [2.75, 3.05) is 27.3 Å². The van der Waals surface area contributed by atoms with Gasteiger partial charge in [-0.2, -0.15) is 0 Å². The van der Waals surface area contributed by atoms with E-state index in [1.165, 1.54) is 5.56 Å². The van der Waals surface area contributed by atoms with E-state index in [0.29, 0.717) is 0 Å². The molecule has 0 bridgehead atoms. The maximum atomic E-state index is 5.75. The molecule has 1 saturated heterocycles. The average molecular weight is 236 g/mol. The van der Waals surface area contributed by atoms with E-state index in [1.807, 2.05) is 12.3 Å². The van der Waals surface area contributed by atoms with Gasteiger partial charge in [0.15, 0.2) is 0 Å². The molecule has 0 aromatic carbocycles. The van der Waals surface area contributed by atoms with Crippen molar-refractivity contribution in [3.8, 4) is 5.75 Å². The molecular weight excluding hydrogens is 216 g/mol. The second-order valence-electron chi connectivity index (χ2n) is 4.55. The third-order valence-electron chi connectivity index (χ3n) is 3.48. The predicted molar refractivity (Wildman–Crippen MR) is 66.3 cm³/mol. The molecule has 0 spiro atoms. The van der Waals surface area contributed by atoms with Crippen LogP contribution in [0.4, 0.5) is 0 Å². The van der Waals surface area contributed by atoms with Crippen LogP contribution in [0.5, 0.6) is 5.75 Å². The number of aromatic nitrogens is 1. The summed E-state index contributed by atoms with van der Waals surface area (Å²) in [5.41, 5.74) is 1.13. The molecule has 1 aliphatic rings.